The van der Waals surface area contributed by atoms with E-state index in [1.807, 2.05) is 24.3 Å². The lowest BCUT2D eigenvalue weighted by Crippen LogP contribution is -2.38. The van der Waals surface area contributed by atoms with Gasteiger partial charge in [0.05, 0.1) is 10.7 Å². The number of ether oxygens (including phenoxy) is 2. The first-order chi connectivity index (χ1) is 14.8. The van der Waals surface area contributed by atoms with E-state index >= 15 is 0 Å². The number of hydrogen-bond acceptors (Lipinski definition) is 5. The van der Waals surface area contributed by atoms with E-state index in [4.69, 9.17) is 21.1 Å². The fourth-order valence-electron chi connectivity index (χ4n) is 2.96. The molecule has 7 heteroatoms. The minimum Gasteiger partial charge on any atom is -0.492 e. The van der Waals surface area contributed by atoms with Crippen molar-refractivity contribution in [3.63, 3.8) is 0 Å². The van der Waals surface area contributed by atoms with E-state index in [-0.39, 0.29) is 12.2 Å². The third-order valence-electron chi connectivity index (χ3n) is 5.18. The average molecular weight is 442 g/mol. The third kappa shape index (κ3) is 6.32. The van der Waals surface area contributed by atoms with E-state index in [9.17, 15) is 4.79 Å². The normalized spacial score (nSPS) is 12.2. The summed E-state index contributed by atoms with van der Waals surface area (Å²) in [5.74, 6) is 1.26. The van der Waals surface area contributed by atoms with Gasteiger partial charge >= 0.3 is 0 Å². The van der Waals surface area contributed by atoms with Crippen LogP contribution in [0.25, 0.3) is 5.69 Å². The summed E-state index contributed by atoms with van der Waals surface area (Å²) in [5, 5.41) is 0.570. The molecule has 0 aliphatic heterocycles. The summed E-state index contributed by atoms with van der Waals surface area (Å²) in [7, 11) is 2.09. The van der Waals surface area contributed by atoms with Crippen LogP contribution in [0, 0.1) is 0 Å². The molecule has 6 nitrogen and oxygen atoms in total. The van der Waals surface area contributed by atoms with Crippen LogP contribution >= 0.6 is 11.6 Å². The average Bonchev–Trinajstić information content (AvgIpc) is 2.77. The summed E-state index contributed by atoms with van der Waals surface area (Å²) in [6.45, 7) is 7.32. The number of pyridine rings is 2. The van der Waals surface area contributed by atoms with Crippen molar-refractivity contribution in [2.24, 2.45) is 0 Å². The Bertz CT molecular complexity index is 1030. The van der Waals surface area contributed by atoms with Crippen molar-refractivity contribution in [3.05, 3.63) is 82.0 Å². The second-order valence-corrected chi connectivity index (χ2v) is 8.18. The van der Waals surface area contributed by atoms with E-state index in [0.717, 1.165) is 17.1 Å². The van der Waals surface area contributed by atoms with Gasteiger partial charge in [-0.1, -0.05) is 11.6 Å². The molecule has 0 radical (unpaired) electrons. The topological polar surface area (TPSA) is 56.6 Å². The molecule has 2 heterocycles. The highest BCUT2D eigenvalue weighted by Gasteiger charge is 2.13. The van der Waals surface area contributed by atoms with Crippen LogP contribution < -0.4 is 15.0 Å². The molecule has 0 saturated carbocycles. The highest BCUT2D eigenvalue weighted by Crippen LogP contribution is 2.17. The van der Waals surface area contributed by atoms with Crippen molar-refractivity contribution in [1.82, 2.24) is 14.5 Å². The van der Waals surface area contributed by atoms with Gasteiger partial charge in [0.1, 0.15) is 24.7 Å². The van der Waals surface area contributed by atoms with Crippen LogP contribution in [0.3, 0.4) is 0 Å². The maximum atomic E-state index is 12.5. The van der Waals surface area contributed by atoms with E-state index < -0.39 is 0 Å². The van der Waals surface area contributed by atoms with Crippen LogP contribution in [0.4, 0.5) is 0 Å². The highest BCUT2D eigenvalue weighted by atomic mass is 35.5. The van der Waals surface area contributed by atoms with Gasteiger partial charge in [-0.3, -0.25) is 19.2 Å². The molecule has 3 rings (SSSR count). The Morgan fingerprint density at radius 2 is 1.77 bits per heavy atom. The lowest BCUT2D eigenvalue weighted by Gasteiger charge is -2.28. The Morgan fingerprint density at radius 1 is 1.03 bits per heavy atom. The SMILES string of the molecule is CC(C)N(C)C(C)COc1ccc(-n2ccc(OCc3ccc(Cl)cn3)cc2=O)cc1. The fourth-order valence-corrected chi connectivity index (χ4v) is 3.07. The predicted molar refractivity (Wildman–Crippen MR) is 123 cm³/mol. The number of likely N-dealkylation sites (N-methyl/N-ethyl adjacent to an activating group) is 1. The first-order valence-corrected chi connectivity index (χ1v) is 10.6. The smallest absolute Gasteiger partial charge is 0.258 e. The van der Waals surface area contributed by atoms with Gasteiger partial charge in [0, 0.05) is 36.2 Å². The minimum atomic E-state index is -0.178. The van der Waals surface area contributed by atoms with Crippen molar-refractivity contribution in [3.8, 4) is 17.2 Å². The van der Waals surface area contributed by atoms with Crippen molar-refractivity contribution >= 4 is 11.6 Å². The summed E-state index contributed by atoms with van der Waals surface area (Å²) in [6.07, 6.45) is 3.26. The molecule has 0 aliphatic rings. The van der Waals surface area contributed by atoms with Gasteiger partial charge in [0.25, 0.3) is 5.56 Å². The number of nitrogens with zero attached hydrogens (tertiary/aromatic N) is 3. The standard InChI is InChI=1S/C24H28ClN3O3/c1-17(2)27(4)18(3)15-30-22-9-7-21(8-10-22)28-12-11-23(13-24(28)29)31-16-20-6-5-19(25)14-26-20/h5-14,17-18H,15-16H2,1-4H3. The molecule has 0 amide bonds. The monoisotopic (exact) mass is 441 g/mol. The second-order valence-electron chi connectivity index (χ2n) is 7.74. The molecule has 164 valence electrons. The van der Waals surface area contributed by atoms with Gasteiger partial charge in [-0.2, -0.15) is 0 Å². The summed E-state index contributed by atoms with van der Waals surface area (Å²) < 4.78 is 13.1. The number of halogens is 1. The second kappa shape index (κ2) is 10.5. The Balaban J connectivity index is 1.60. The molecule has 0 spiro atoms. The van der Waals surface area contributed by atoms with Crippen molar-refractivity contribution in [2.75, 3.05) is 13.7 Å². The van der Waals surface area contributed by atoms with Gasteiger partial charge in [0.2, 0.25) is 0 Å². The Hall–Kier alpha value is -2.83. The van der Waals surface area contributed by atoms with Gasteiger partial charge in [-0.15, -0.1) is 0 Å². The summed E-state index contributed by atoms with van der Waals surface area (Å²) >= 11 is 5.83. The minimum absolute atomic E-state index is 0.178. The Morgan fingerprint density at radius 3 is 2.39 bits per heavy atom. The molecule has 31 heavy (non-hydrogen) atoms. The Kier molecular flexibility index (Phi) is 7.71. The first kappa shape index (κ1) is 22.8. The number of benzene rings is 1. The zero-order valence-electron chi connectivity index (χ0n) is 18.3. The van der Waals surface area contributed by atoms with Gasteiger partial charge in [-0.25, -0.2) is 0 Å². The summed E-state index contributed by atoms with van der Waals surface area (Å²) in [4.78, 5) is 19.0. The quantitative estimate of drug-likeness (QED) is 0.486. The van der Waals surface area contributed by atoms with Crippen LogP contribution in [-0.4, -0.2) is 40.2 Å². The van der Waals surface area contributed by atoms with Crippen LogP contribution in [0.2, 0.25) is 5.02 Å². The van der Waals surface area contributed by atoms with Gasteiger partial charge in [0.15, 0.2) is 0 Å². The molecule has 1 aromatic carbocycles. The summed E-state index contributed by atoms with van der Waals surface area (Å²) in [5.41, 5.74) is 1.32. The van der Waals surface area contributed by atoms with Crippen LogP contribution in [0.15, 0.2) is 65.7 Å². The first-order valence-electron chi connectivity index (χ1n) is 10.2. The van der Waals surface area contributed by atoms with Gasteiger partial charge in [-0.05, 0) is 70.3 Å². The van der Waals surface area contributed by atoms with E-state index in [0.29, 0.717) is 29.5 Å². The Labute approximate surface area is 188 Å². The maximum Gasteiger partial charge on any atom is 0.258 e. The van der Waals surface area contributed by atoms with E-state index in [1.165, 1.54) is 6.07 Å². The fraction of sp³-hybridized carbons (Fsp3) is 0.333. The molecule has 3 aromatic rings. The zero-order valence-corrected chi connectivity index (χ0v) is 19.0. The highest BCUT2D eigenvalue weighted by molar-refractivity contribution is 6.30. The number of hydrogen-bond donors (Lipinski definition) is 0. The number of aromatic nitrogens is 2. The molecule has 0 aliphatic carbocycles. The molecule has 1 atom stereocenters. The van der Waals surface area contributed by atoms with Crippen molar-refractivity contribution in [1.29, 1.82) is 0 Å². The van der Waals surface area contributed by atoms with Crippen LogP contribution in [0.1, 0.15) is 26.5 Å². The lowest BCUT2D eigenvalue weighted by atomic mass is 10.2. The zero-order chi connectivity index (χ0) is 22.4. The van der Waals surface area contributed by atoms with Crippen molar-refractivity contribution in [2.45, 2.75) is 39.5 Å². The van der Waals surface area contributed by atoms with Gasteiger partial charge < -0.3 is 9.47 Å². The van der Waals surface area contributed by atoms with Crippen LogP contribution in [0.5, 0.6) is 11.5 Å². The van der Waals surface area contributed by atoms with E-state index in [1.54, 1.807) is 35.2 Å². The molecular formula is C24H28ClN3O3. The number of rotatable bonds is 9. The molecule has 0 N–H and O–H groups in total. The molecule has 0 bridgehead atoms. The molecule has 0 saturated heterocycles. The largest absolute Gasteiger partial charge is 0.492 e. The van der Waals surface area contributed by atoms with Crippen molar-refractivity contribution < 1.29 is 9.47 Å². The molecule has 2 aromatic heterocycles. The molecular weight excluding hydrogens is 414 g/mol. The van der Waals surface area contributed by atoms with E-state index in [2.05, 4.69) is 37.7 Å². The maximum absolute atomic E-state index is 12.5. The lowest BCUT2D eigenvalue weighted by molar-refractivity contribution is 0.145. The molecule has 1 unspecified atom stereocenters. The molecule has 0 fully saturated rings. The summed E-state index contributed by atoms with van der Waals surface area (Å²) in [6, 6.07) is 15.0. The van der Waals surface area contributed by atoms with Crippen LogP contribution in [-0.2, 0) is 6.61 Å². The third-order valence-corrected chi connectivity index (χ3v) is 5.41. The predicted octanol–water partition coefficient (Wildman–Crippen LogP) is 4.57.